The first-order valence-corrected chi connectivity index (χ1v) is 5.91. The summed E-state index contributed by atoms with van der Waals surface area (Å²) < 4.78 is 9.74. The third kappa shape index (κ3) is 3.74. The van der Waals surface area contributed by atoms with E-state index in [2.05, 4.69) is 15.8 Å². The molecule has 0 unspecified atom stereocenters. The van der Waals surface area contributed by atoms with Gasteiger partial charge in [-0.3, -0.25) is 5.32 Å². The molecule has 0 saturated carbocycles. The van der Waals surface area contributed by atoms with E-state index in [1.54, 1.807) is 25.1 Å². The molecule has 19 heavy (non-hydrogen) atoms. The highest BCUT2D eigenvalue weighted by atomic mass is 16.5. The first kappa shape index (κ1) is 12.9. The third-order valence-electron chi connectivity index (χ3n) is 2.31. The molecule has 0 aliphatic heterocycles. The summed E-state index contributed by atoms with van der Waals surface area (Å²) in [5.41, 5.74) is 1.52. The van der Waals surface area contributed by atoms with Gasteiger partial charge >= 0.3 is 6.09 Å². The number of rotatable bonds is 4. The Labute approximate surface area is 110 Å². The van der Waals surface area contributed by atoms with Gasteiger partial charge < -0.3 is 14.6 Å². The topological polar surface area (TPSA) is 76.4 Å². The van der Waals surface area contributed by atoms with Gasteiger partial charge in [-0.2, -0.15) is 0 Å². The van der Waals surface area contributed by atoms with Crippen LogP contribution in [0.15, 0.2) is 34.9 Å². The first-order chi connectivity index (χ1) is 9.17. The van der Waals surface area contributed by atoms with Gasteiger partial charge in [0.1, 0.15) is 5.76 Å². The zero-order valence-corrected chi connectivity index (χ0v) is 10.8. The maximum atomic E-state index is 11.2. The van der Waals surface area contributed by atoms with Crippen LogP contribution in [0.4, 0.5) is 22.0 Å². The molecule has 1 aromatic carbocycles. The molecule has 0 radical (unpaired) electrons. The summed E-state index contributed by atoms with van der Waals surface area (Å²) in [6, 6.07) is 8.99. The van der Waals surface area contributed by atoms with E-state index in [0.29, 0.717) is 18.1 Å². The minimum absolute atomic E-state index is 0.344. The molecule has 0 atom stereocenters. The van der Waals surface area contributed by atoms with Crippen molar-refractivity contribution in [2.45, 2.75) is 13.8 Å². The highest BCUT2D eigenvalue weighted by Crippen LogP contribution is 2.18. The lowest BCUT2D eigenvalue weighted by Crippen LogP contribution is -2.13. The van der Waals surface area contributed by atoms with Crippen molar-refractivity contribution in [1.29, 1.82) is 0 Å². The number of carbonyl (C=O) groups excluding carboxylic acids is 1. The minimum atomic E-state index is -0.463. The van der Waals surface area contributed by atoms with Crippen LogP contribution in [0, 0.1) is 6.92 Å². The number of hydrogen-bond donors (Lipinski definition) is 2. The van der Waals surface area contributed by atoms with Crippen LogP contribution in [0.1, 0.15) is 12.7 Å². The van der Waals surface area contributed by atoms with Crippen molar-refractivity contribution in [3.8, 4) is 0 Å². The van der Waals surface area contributed by atoms with Gasteiger partial charge in [0.05, 0.1) is 6.61 Å². The second-order valence-electron chi connectivity index (χ2n) is 3.87. The van der Waals surface area contributed by atoms with Gasteiger partial charge in [-0.15, -0.1) is 0 Å². The molecule has 2 N–H and O–H groups in total. The standard InChI is InChI=1S/C13H15N3O3/c1-3-18-13(17)15-11-6-4-10(5-7-11)14-12-8-9(2)19-16-12/h4-8H,3H2,1-2H3,(H,14,16)(H,15,17). The summed E-state index contributed by atoms with van der Waals surface area (Å²) >= 11 is 0. The molecule has 1 amide bonds. The summed E-state index contributed by atoms with van der Waals surface area (Å²) in [4.78, 5) is 11.2. The average molecular weight is 261 g/mol. The highest BCUT2D eigenvalue weighted by molar-refractivity contribution is 5.84. The van der Waals surface area contributed by atoms with Gasteiger partial charge in [0.25, 0.3) is 0 Å². The van der Waals surface area contributed by atoms with Crippen LogP contribution in [0.2, 0.25) is 0 Å². The van der Waals surface area contributed by atoms with Gasteiger partial charge in [0.15, 0.2) is 5.82 Å². The number of nitrogens with zero attached hydrogens (tertiary/aromatic N) is 1. The smallest absolute Gasteiger partial charge is 0.411 e. The molecule has 0 fully saturated rings. The Kier molecular flexibility index (Phi) is 4.02. The van der Waals surface area contributed by atoms with E-state index in [4.69, 9.17) is 9.26 Å². The van der Waals surface area contributed by atoms with Gasteiger partial charge in [0.2, 0.25) is 0 Å². The molecule has 0 spiro atoms. The molecule has 2 aromatic rings. The molecule has 0 saturated heterocycles. The van der Waals surface area contributed by atoms with E-state index in [0.717, 1.165) is 11.4 Å². The second kappa shape index (κ2) is 5.90. The molecule has 2 rings (SSSR count). The van der Waals surface area contributed by atoms with Crippen molar-refractivity contribution in [3.05, 3.63) is 36.1 Å². The summed E-state index contributed by atoms with van der Waals surface area (Å²) in [6.45, 7) is 3.92. The molecule has 1 heterocycles. The molecule has 0 aliphatic carbocycles. The SMILES string of the molecule is CCOC(=O)Nc1ccc(Nc2cc(C)on2)cc1. The summed E-state index contributed by atoms with van der Waals surface area (Å²) in [5, 5.41) is 9.53. The first-order valence-electron chi connectivity index (χ1n) is 5.91. The average Bonchev–Trinajstić information content (AvgIpc) is 2.78. The van der Waals surface area contributed by atoms with Gasteiger partial charge in [0, 0.05) is 17.4 Å². The van der Waals surface area contributed by atoms with Gasteiger partial charge in [-0.25, -0.2) is 4.79 Å². The maximum absolute atomic E-state index is 11.2. The van der Waals surface area contributed by atoms with Crippen molar-refractivity contribution >= 4 is 23.3 Å². The Morgan fingerprint density at radius 2 is 2.00 bits per heavy atom. The molecule has 100 valence electrons. The Bertz CT molecular complexity index is 549. The lowest BCUT2D eigenvalue weighted by molar-refractivity contribution is 0.168. The monoisotopic (exact) mass is 261 g/mol. The van der Waals surface area contributed by atoms with E-state index in [9.17, 15) is 4.79 Å². The maximum Gasteiger partial charge on any atom is 0.411 e. The van der Waals surface area contributed by atoms with Gasteiger partial charge in [-0.1, -0.05) is 5.16 Å². The zero-order valence-electron chi connectivity index (χ0n) is 10.8. The Balaban J connectivity index is 1.96. The summed E-state index contributed by atoms with van der Waals surface area (Å²) in [5.74, 6) is 1.38. The fourth-order valence-electron chi connectivity index (χ4n) is 1.50. The van der Waals surface area contributed by atoms with Crippen molar-refractivity contribution < 1.29 is 14.1 Å². The van der Waals surface area contributed by atoms with E-state index < -0.39 is 6.09 Å². The van der Waals surface area contributed by atoms with E-state index in [1.165, 1.54) is 0 Å². The van der Waals surface area contributed by atoms with E-state index in [-0.39, 0.29) is 0 Å². The Morgan fingerprint density at radius 1 is 1.32 bits per heavy atom. The number of benzene rings is 1. The highest BCUT2D eigenvalue weighted by Gasteiger charge is 2.03. The van der Waals surface area contributed by atoms with Crippen molar-refractivity contribution in [2.24, 2.45) is 0 Å². The normalized spacial score (nSPS) is 10.0. The lowest BCUT2D eigenvalue weighted by Gasteiger charge is -2.06. The van der Waals surface area contributed by atoms with Crippen LogP contribution in [0.5, 0.6) is 0 Å². The van der Waals surface area contributed by atoms with E-state index in [1.807, 2.05) is 19.1 Å². The van der Waals surface area contributed by atoms with Crippen LogP contribution in [0.25, 0.3) is 0 Å². The molecule has 0 aliphatic rings. The van der Waals surface area contributed by atoms with E-state index >= 15 is 0 Å². The molecular formula is C13H15N3O3. The largest absolute Gasteiger partial charge is 0.450 e. The Morgan fingerprint density at radius 3 is 2.58 bits per heavy atom. The molecule has 0 bridgehead atoms. The fraction of sp³-hybridized carbons (Fsp3) is 0.231. The Hall–Kier alpha value is -2.50. The number of amides is 1. The number of aromatic nitrogens is 1. The summed E-state index contributed by atoms with van der Waals surface area (Å²) in [7, 11) is 0. The van der Waals surface area contributed by atoms with Crippen LogP contribution < -0.4 is 10.6 Å². The number of ether oxygens (including phenoxy) is 1. The molecule has 1 aromatic heterocycles. The van der Waals surface area contributed by atoms with Crippen LogP contribution in [-0.4, -0.2) is 17.9 Å². The van der Waals surface area contributed by atoms with Crippen molar-refractivity contribution in [2.75, 3.05) is 17.2 Å². The zero-order chi connectivity index (χ0) is 13.7. The lowest BCUT2D eigenvalue weighted by atomic mass is 10.3. The van der Waals surface area contributed by atoms with Crippen molar-refractivity contribution in [1.82, 2.24) is 5.16 Å². The fourth-order valence-corrected chi connectivity index (χ4v) is 1.50. The number of nitrogens with one attached hydrogen (secondary N) is 2. The summed E-state index contributed by atoms with van der Waals surface area (Å²) in [6.07, 6.45) is -0.463. The van der Waals surface area contributed by atoms with Crippen LogP contribution in [-0.2, 0) is 4.74 Å². The second-order valence-corrected chi connectivity index (χ2v) is 3.87. The van der Waals surface area contributed by atoms with Crippen LogP contribution in [0.3, 0.4) is 0 Å². The quantitative estimate of drug-likeness (QED) is 0.883. The molecule has 6 nitrogen and oxygen atoms in total. The third-order valence-corrected chi connectivity index (χ3v) is 2.31. The number of hydrogen-bond acceptors (Lipinski definition) is 5. The van der Waals surface area contributed by atoms with Crippen LogP contribution >= 0.6 is 0 Å². The number of carbonyl (C=O) groups is 1. The predicted octanol–water partition coefficient (Wildman–Crippen LogP) is 3.30. The van der Waals surface area contributed by atoms with Gasteiger partial charge in [-0.05, 0) is 38.1 Å². The molecular weight excluding hydrogens is 246 g/mol. The number of anilines is 3. The predicted molar refractivity (Wildman–Crippen MR) is 71.6 cm³/mol. The molecule has 6 heteroatoms. The number of aryl methyl sites for hydroxylation is 1. The van der Waals surface area contributed by atoms with Crippen molar-refractivity contribution in [3.63, 3.8) is 0 Å². The minimum Gasteiger partial charge on any atom is -0.450 e.